The van der Waals surface area contributed by atoms with Crippen LogP contribution in [0.3, 0.4) is 0 Å². The first-order valence-electron chi connectivity index (χ1n) is 7.52. The van der Waals surface area contributed by atoms with Crippen LogP contribution in [0.1, 0.15) is 12.6 Å². The van der Waals surface area contributed by atoms with Crippen LogP contribution in [0.15, 0.2) is 30.3 Å². The van der Waals surface area contributed by atoms with E-state index in [0.717, 1.165) is 49.8 Å². The van der Waals surface area contributed by atoms with Crippen LogP contribution in [0, 0.1) is 6.92 Å². The number of benzene rings is 1. The number of aryl methyl sites for hydroxylation is 1. The fraction of sp³-hybridized carbons (Fsp3) is 0.438. The molecule has 0 saturated carbocycles. The molecule has 0 aliphatic carbocycles. The van der Waals surface area contributed by atoms with E-state index in [1.165, 1.54) is 0 Å². The van der Waals surface area contributed by atoms with Gasteiger partial charge in [0, 0.05) is 31.7 Å². The van der Waals surface area contributed by atoms with Crippen LogP contribution in [0.2, 0.25) is 0 Å². The standard InChI is InChI=1S/C16H21N5/c1-3-20-9-11-21(12-10-20)16-13(2)18-19-15(17-16)14-7-5-4-6-8-14/h4-8H,3,9-12H2,1-2H3. The lowest BCUT2D eigenvalue weighted by Gasteiger charge is -2.35. The average Bonchev–Trinajstić information content (AvgIpc) is 2.56. The Bertz CT molecular complexity index is 591. The molecule has 0 spiro atoms. The van der Waals surface area contributed by atoms with Crippen molar-refractivity contribution in [2.75, 3.05) is 37.6 Å². The van der Waals surface area contributed by atoms with E-state index in [1.54, 1.807) is 0 Å². The highest BCUT2D eigenvalue weighted by molar-refractivity contribution is 5.57. The molecule has 0 bridgehead atoms. The summed E-state index contributed by atoms with van der Waals surface area (Å²) in [6, 6.07) is 10.0. The minimum absolute atomic E-state index is 0.703. The molecule has 5 heteroatoms. The predicted molar refractivity (Wildman–Crippen MR) is 84.3 cm³/mol. The van der Waals surface area contributed by atoms with Crippen molar-refractivity contribution >= 4 is 5.82 Å². The smallest absolute Gasteiger partial charge is 0.183 e. The third kappa shape index (κ3) is 3.03. The topological polar surface area (TPSA) is 45.2 Å². The molecule has 1 aliphatic heterocycles. The summed E-state index contributed by atoms with van der Waals surface area (Å²) in [6.07, 6.45) is 0. The van der Waals surface area contributed by atoms with Crippen molar-refractivity contribution in [1.29, 1.82) is 0 Å². The lowest BCUT2D eigenvalue weighted by Crippen LogP contribution is -2.46. The molecule has 1 aromatic heterocycles. The Morgan fingerprint density at radius 1 is 1.00 bits per heavy atom. The molecule has 1 fully saturated rings. The zero-order valence-electron chi connectivity index (χ0n) is 12.7. The molecule has 0 amide bonds. The third-order valence-electron chi connectivity index (χ3n) is 3.98. The van der Waals surface area contributed by atoms with E-state index in [-0.39, 0.29) is 0 Å². The summed E-state index contributed by atoms with van der Waals surface area (Å²) in [7, 11) is 0. The molecule has 3 rings (SSSR count). The summed E-state index contributed by atoms with van der Waals surface area (Å²) < 4.78 is 0. The first-order valence-corrected chi connectivity index (χ1v) is 7.52. The van der Waals surface area contributed by atoms with Gasteiger partial charge in [-0.25, -0.2) is 4.98 Å². The van der Waals surface area contributed by atoms with Crippen molar-refractivity contribution in [2.45, 2.75) is 13.8 Å². The van der Waals surface area contributed by atoms with Crippen molar-refractivity contribution in [1.82, 2.24) is 20.1 Å². The zero-order chi connectivity index (χ0) is 14.7. The summed E-state index contributed by atoms with van der Waals surface area (Å²) in [5.74, 6) is 1.67. The number of anilines is 1. The highest BCUT2D eigenvalue weighted by Crippen LogP contribution is 2.21. The van der Waals surface area contributed by atoms with E-state index >= 15 is 0 Å². The SMILES string of the molecule is CCN1CCN(c2nc(-c3ccccc3)nnc2C)CC1. The molecule has 1 aromatic carbocycles. The van der Waals surface area contributed by atoms with Gasteiger partial charge in [-0.15, -0.1) is 10.2 Å². The van der Waals surface area contributed by atoms with Crippen molar-refractivity contribution in [2.24, 2.45) is 0 Å². The molecule has 110 valence electrons. The average molecular weight is 283 g/mol. The van der Waals surface area contributed by atoms with Crippen LogP contribution in [0.5, 0.6) is 0 Å². The van der Waals surface area contributed by atoms with E-state index in [2.05, 4.69) is 26.9 Å². The van der Waals surface area contributed by atoms with Gasteiger partial charge in [0.2, 0.25) is 0 Å². The minimum Gasteiger partial charge on any atom is -0.352 e. The van der Waals surface area contributed by atoms with Gasteiger partial charge in [-0.2, -0.15) is 0 Å². The normalized spacial score (nSPS) is 16.2. The number of rotatable bonds is 3. The van der Waals surface area contributed by atoms with Crippen LogP contribution >= 0.6 is 0 Å². The molecular weight excluding hydrogens is 262 g/mol. The van der Waals surface area contributed by atoms with E-state index in [4.69, 9.17) is 4.98 Å². The fourth-order valence-electron chi connectivity index (χ4n) is 2.66. The molecule has 5 nitrogen and oxygen atoms in total. The maximum absolute atomic E-state index is 4.75. The van der Waals surface area contributed by atoms with E-state index in [0.29, 0.717) is 5.82 Å². The Morgan fingerprint density at radius 3 is 2.38 bits per heavy atom. The van der Waals surface area contributed by atoms with Gasteiger partial charge in [0.05, 0.1) is 0 Å². The highest BCUT2D eigenvalue weighted by Gasteiger charge is 2.20. The van der Waals surface area contributed by atoms with Crippen LogP contribution in [0.25, 0.3) is 11.4 Å². The second-order valence-corrected chi connectivity index (χ2v) is 5.33. The number of nitrogens with zero attached hydrogens (tertiary/aromatic N) is 5. The maximum Gasteiger partial charge on any atom is 0.183 e. The monoisotopic (exact) mass is 283 g/mol. The predicted octanol–water partition coefficient (Wildman–Crippen LogP) is 1.99. The minimum atomic E-state index is 0.703. The highest BCUT2D eigenvalue weighted by atomic mass is 15.3. The summed E-state index contributed by atoms with van der Waals surface area (Å²) in [4.78, 5) is 9.53. The second kappa shape index (κ2) is 6.18. The molecule has 2 aromatic rings. The van der Waals surface area contributed by atoms with Crippen LogP contribution in [-0.2, 0) is 0 Å². The van der Waals surface area contributed by atoms with Crippen LogP contribution in [-0.4, -0.2) is 52.8 Å². The second-order valence-electron chi connectivity index (χ2n) is 5.33. The Morgan fingerprint density at radius 2 is 1.71 bits per heavy atom. The van der Waals surface area contributed by atoms with Gasteiger partial charge in [-0.1, -0.05) is 37.3 Å². The van der Waals surface area contributed by atoms with Gasteiger partial charge in [0.1, 0.15) is 5.69 Å². The van der Waals surface area contributed by atoms with Crippen molar-refractivity contribution in [3.8, 4) is 11.4 Å². The van der Waals surface area contributed by atoms with Crippen molar-refractivity contribution in [3.63, 3.8) is 0 Å². The summed E-state index contributed by atoms with van der Waals surface area (Å²) in [5.41, 5.74) is 1.91. The Hall–Kier alpha value is -2.01. The summed E-state index contributed by atoms with van der Waals surface area (Å²) in [5, 5.41) is 8.54. The zero-order valence-corrected chi connectivity index (χ0v) is 12.7. The fourth-order valence-corrected chi connectivity index (χ4v) is 2.66. The largest absolute Gasteiger partial charge is 0.352 e. The molecular formula is C16H21N5. The maximum atomic E-state index is 4.75. The van der Waals surface area contributed by atoms with Crippen molar-refractivity contribution in [3.05, 3.63) is 36.0 Å². The first-order chi connectivity index (χ1) is 10.3. The van der Waals surface area contributed by atoms with Crippen LogP contribution < -0.4 is 4.90 Å². The van der Waals surface area contributed by atoms with Crippen LogP contribution in [0.4, 0.5) is 5.82 Å². The van der Waals surface area contributed by atoms with E-state index in [9.17, 15) is 0 Å². The number of hydrogen-bond donors (Lipinski definition) is 0. The molecule has 0 atom stereocenters. The number of likely N-dealkylation sites (N-methyl/N-ethyl adjacent to an activating group) is 1. The number of aromatic nitrogens is 3. The molecule has 21 heavy (non-hydrogen) atoms. The van der Waals surface area contributed by atoms with Gasteiger partial charge >= 0.3 is 0 Å². The summed E-state index contributed by atoms with van der Waals surface area (Å²) in [6.45, 7) is 9.48. The Kier molecular flexibility index (Phi) is 4.10. The van der Waals surface area contributed by atoms with E-state index < -0.39 is 0 Å². The molecule has 1 saturated heterocycles. The Balaban J connectivity index is 1.85. The number of hydrogen-bond acceptors (Lipinski definition) is 5. The van der Waals surface area contributed by atoms with Gasteiger partial charge in [-0.05, 0) is 13.5 Å². The number of piperazine rings is 1. The quantitative estimate of drug-likeness (QED) is 0.862. The summed E-state index contributed by atoms with van der Waals surface area (Å²) >= 11 is 0. The molecule has 1 aliphatic rings. The van der Waals surface area contributed by atoms with Crippen molar-refractivity contribution < 1.29 is 0 Å². The van der Waals surface area contributed by atoms with Gasteiger partial charge in [0.15, 0.2) is 11.6 Å². The first kappa shape index (κ1) is 13.9. The molecule has 0 unspecified atom stereocenters. The van der Waals surface area contributed by atoms with E-state index in [1.807, 2.05) is 37.3 Å². The van der Waals surface area contributed by atoms with Gasteiger partial charge in [0.25, 0.3) is 0 Å². The lowest BCUT2D eigenvalue weighted by atomic mass is 10.2. The Labute approximate surface area is 125 Å². The molecule has 0 radical (unpaired) electrons. The lowest BCUT2D eigenvalue weighted by molar-refractivity contribution is 0.270. The third-order valence-corrected chi connectivity index (χ3v) is 3.98. The van der Waals surface area contributed by atoms with Gasteiger partial charge in [-0.3, -0.25) is 0 Å². The molecule has 2 heterocycles. The molecule has 0 N–H and O–H groups in total. The van der Waals surface area contributed by atoms with Gasteiger partial charge < -0.3 is 9.80 Å².